The van der Waals surface area contributed by atoms with Gasteiger partial charge in [-0.2, -0.15) is 0 Å². The van der Waals surface area contributed by atoms with Gasteiger partial charge in [0.2, 0.25) is 0 Å². The van der Waals surface area contributed by atoms with Crippen LogP contribution in [0.25, 0.3) is 10.9 Å². The minimum absolute atomic E-state index is 0. The number of hydrogen-bond donors (Lipinski definition) is 0. The Hall–Kier alpha value is -2.43. The Morgan fingerprint density at radius 1 is 0.884 bits per heavy atom. The molecule has 12 heteroatoms. The maximum Gasteiger partial charge on any atom is 0.250 e. The van der Waals surface area contributed by atoms with E-state index in [1.54, 1.807) is 23.9 Å². The molecule has 0 radical (unpaired) electrons. The van der Waals surface area contributed by atoms with Crippen LogP contribution in [-0.2, 0) is 24.9 Å². The fourth-order valence-electron chi connectivity index (χ4n) is 5.05. The summed E-state index contributed by atoms with van der Waals surface area (Å²) in [6, 6.07) is 17.5. The molecule has 0 N–H and O–H groups in total. The number of nitrogens with zero attached hydrogens (tertiary/aromatic N) is 5. The van der Waals surface area contributed by atoms with E-state index in [1.807, 2.05) is 55.0 Å². The quantitative estimate of drug-likeness (QED) is 0.195. The minimum atomic E-state index is -0.0105. The number of likely N-dealkylation sites (tertiary alicyclic amines) is 1. The molecule has 1 aliphatic rings. The highest BCUT2D eigenvalue weighted by molar-refractivity contribution is 5.86. The molecule has 8 nitrogen and oxygen atoms in total. The van der Waals surface area contributed by atoms with E-state index in [-0.39, 0.29) is 55.2 Å². The molecule has 0 unspecified atom stereocenters. The average Bonchev–Trinajstić information content (AvgIpc) is 2.98. The van der Waals surface area contributed by atoms with Crippen molar-refractivity contribution in [2.45, 2.75) is 32.1 Å². The molecule has 1 aromatic carbocycles. The van der Waals surface area contributed by atoms with Gasteiger partial charge in [0, 0.05) is 82.6 Å². The van der Waals surface area contributed by atoms with Crippen molar-refractivity contribution >= 4 is 60.5 Å². The van der Waals surface area contributed by atoms with Crippen LogP contribution in [-0.4, -0.2) is 69.8 Å². The largest absolute Gasteiger partial charge is 0.492 e. The van der Waals surface area contributed by atoms with E-state index in [0.717, 1.165) is 74.3 Å². The fraction of sp³-hybridized carbons (Fsp3) is 0.387. The zero-order valence-electron chi connectivity index (χ0n) is 24.2. The molecule has 3 aromatic heterocycles. The summed E-state index contributed by atoms with van der Waals surface area (Å²) in [5.41, 5.74) is 3.22. The number of aromatic nitrogens is 3. The lowest BCUT2D eigenvalue weighted by Gasteiger charge is -2.33. The number of piperidine rings is 1. The van der Waals surface area contributed by atoms with Crippen molar-refractivity contribution in [2.24, 2.45) is 7.05 Å². The van der Waals surface area contributed by atoms with E-state index in [9.17, 15) is 4.79 Å². The molecule has 0 spiro atoms. The summed E-state index contributed by atoms with van der Waals surface area (Å²) < 4.78 is 13.9. The number of benzene rings is 1. The summed E-state index contributed by atoms with van der Waals surface area (Å²) in [6.07, 6.45) is 9.84. The van der Waals surface area contributed by atoms with Gasteiger partial charge in [-0.1, -0.05) is 12.1 Å². The third-order valence-corrected chi connectivity index (χ3v) is 7.38. The Labute approximate surface area is 278 Å². The van der Waals surface area contributed by atoms with Crippen LogP contribution in [0.15, 0.2) is 84.2 Å². The molecule has 5 rings (SSSR count). The summed E-state index contributed by atoms with van der Waals surface area (Å²) in [6.45, 7) is 6.93. The minimum Gasteiger partial charge on any atom is -0.492 e. The normalized spacial score (nSPS) is 13.3. The van der Waals surface area contributed by atoms with Gasteiger partial charge in [0.25, 0.3) is 5.56 Å². The zero-order chi connectivity index (χ0) is 26.9. The third kappa shape index (κ3) is 11.5. The first-order chi connectivity index (χ1) is 19.1. The summed E-state index contributed by atoms with van der Waals surface area (Å²) >= 11 is 0. The lowest BCUT2D eigenvalue weighted by atomic mass is 10.1. The molecular formula is C31H41Cl4N5O3. The number of ether oxygens (including phenoxy) is 2. The van der Waals surface area contributed by atoms with Crippen molar-refractivity contribution in [1.82, 2.24) is 24.3 Å². The molecule has 43 heavy (non-hydrogen) atoms. The molecular weight excluding hydrogens is 632 g/mol. The van der Waals surface area contributed by atoms with Crippen LogP contribution in [0.5, 0.6) is 5.75 Å². The third-order valence-electron chi connectivity index (χ3n) is 7.38. The van der Waals surface area contributed by atoms with Crippen LogP contribution in [0.2, 0.25) is 0 Å². The Morgan fingerprint density at radius 2 is 1.58 bits per heavy atom. The van der Waals surface area contributed by atoms with Crippen molar-refractivity contribution in [1.29, 1.82) is 0 Å². The molecule has 0 atom stereocenters. The number of fused-ring (bicyclic) bond motifs is 1. The van der Waals surface area contributed by atoms with E-state index >= 15 is 0 Å². The van der Waals surface area contributed by atoms with Gasteiger partial charge in [0.05, 0.1) is 18.2 Å². The van der Waals surface area contributed by atoms with Crippen LogP contribution >= 0.6 is 49.6 Å². The van der Waals surface area contributed by atoms with E-state index in [0.29, 0.717) is 19.3 Å². The highest BCUT2D eigenvalue weighted by Gasteiger charge is 2.20. The second kappa shape index (κ2) is 19.8. The number of halogens is 4. The van der Waals surface area contributed by atoms with Crippen molar-refractivity contribution in [3.63, 3.8) is 0 Å². The standard InChI is InChI=1S/C31H37N5O3.4ClH/c1-34-30-8-7-29(20-27(30)6-9-31(34)37)38-19-18-36(23-25-4-2-12-32-21-25)17-16-35-14-10-28(11-15-35)39-24-26-5-3-13-33-22-26;;;;/h2-9,12-13,20-22,28H,10-11,14-19,23-24H2,1H3;4*1H. The Bertz CT molecular complexity index is 1390. The van der Waals surface area contributed by atoms with Gasteiger partial charge < -0.3 is 18.9 Å². The summed E-state index contributed by atoms with van der Waals surface area (Å²) in [5, 5.41) is 0.995. The SMILES string of the molecule is Cl.Cl.Cl.Cl.Cn1c(=O)ccc2cc(OCCN(CCN3CCC(OCc4cccnc4)CC3)Cc3cccnc3)ccc21. The molecule has 1 fully saturated rings. The molecule has 4 heterocycles. The molecule has 0 saturated carbocycles. The van der Waals surface area contributed by atoms with Gasteiger partial charge in [-0.05, 0) is 60.4 Å². The van der Waals surface area contributed by atoms with Crippen molar-refractivity contribution in [3.8, 4) is 5.75 Å². The van der Waals surface area contributed by atoms with E-state index < -0.39 is 0 Å². The predicted molar refractivity (Wildman–Crippen MR) is 182 cm³/mol. The van der Waals surface area contributed by atoms with Gasteiger partial charge in [0.15, 0.2) is 0 Å². The number of pyridine rings is 3. The van der Waals surface area contributed by atoms with Crippen LogP contribution in [0.1, 0.15) is 24.0 Å². The van der Waals surface area contributed by atoms with Gasteiger partial charge in [-0.3, -0.25) is 19.7 Å². The molecule has 4 aromatic rings. The zero-order valence-corrected chi connectivity index (χ0v) is 27.5. The summed E-state index contributed by atoms with van der Waals surface area (Å²) in [7, 11) is 1.79. The lowest BCUT2D eigenvalue weighted by Crippen LogP contribution is -2.42. The van der Waals surface area contributed by atoms with E-state index in [1.165, 1.54) is 5.56 Å². The molecule has 0 amide bonds. The van der Waals surface area contributed by atoms with Crippen LogP contribution in [0.4, 0.5) is 0 Å². The lowest BCUT2D eigenvalue weighted by molar-refractivity contribution is -0.00416. The van der Waals surface area contributed by atoms with Gasteiger partial charge in [-0.25, -0.2) is 0 Å². The second-order valence-corrected chi connectivity index (χ2v) is 10.2. The van der Waals surface area contributed by atoms with Gasteiger partial charge >= 0.3 is 0 Å². The maximum atomic E-state index is 11.9. The topological polar surface area (TPSA) is 72.7 Å². The monoisotopic (exact) mass is 671 g/mol. The van der Waals surface area contributed by atoms with Crippen molar-refractivity contribution in [2.75, 3.05) is 39.3 Å². The maximum absolute atomic E-state index is 11.9. The predicted octanol–water partition coefficient (Wildman–Crippen LogP) is 5.58. The Morgan fingerprint density at radius 3 is 2.26 bits per heavy atom. The van der Waals surface area contributed by atoms with E-state index in [2.05, 4.69) is 31.9 Å². The van der Waals surface area contributed by atoms with Gasteiger partial charge in [0.1, 0.15) is 12.4 Å². The molecule has 236 valence electrons. The molecule has 1 saturated heterocycles. The number of rotatable bonds is 12. The van der Waals surface area contributed by atoms with Crippen LogP contribution in [0, 0.1) is 0 Å². The van der Waals surface area contributed by atoms with Crippen molar-refractivity contribution in [3.05, 3.63) is 101 Å². The van der Waals surface area contributed by atoms with E-state index in [4.69, 9.17) is 9.47 Å². The van der Waals surface area contributed by atoms with Crippen LogP contribution < -0.4 is 10.3 Å². The highest BCUT2D eigenvalue weighted by atomic mass is 35.5. The first kappa shape index (κ1) is 38.6. The number of hydrogen-bond acceptors (Lipinski definition) is 7. The highest BCUT2D eigenvalue weighted by Crippen LogP contribution is 2.20. The molecule has 1 aliphatic heterocycles. The Kier molecular flexibility index (Phi) is 17.7. The second-order valence-electron chi connectivity index (χ2n) is 10.2. The van der Waals surface area contributed by atoms with Gasteiger partial charge in [-0.15, -0.1) is 49.6 Å². The van der Waals surface area contributed by atoms with Crippen molar-refractivity contribution < 1.29 is 9.47 Å². The fourth-order valence-corrected chi connectivity index (χ4v) is 5.05. The first-order valence-corrected chi connectivity index (χ1v) is 13.7. The number of aryl methyl sites for hydroxylation is 1. The molecule has 0 aliphatic carbocycles. The Balaban J connectivity index is 0.00000231. The van der Waals surface area contributed by atoms with Crippen LogP contribution in [0.3, 0.4) is 0 Å². The summed E-state index contributed by atoms with van der Waals surface area (Å²) in [4.78, 5) is 25.3. The smallest absolute Gasteiger partial charge is 0.250 e. The molecule has 0 bridgehead atoms. The summed E-state index contributed by atoms with van der Waals surface area (Å²) in [5.74, 6) is 0.816. The average molecular weight is 674 g/mol. The first-order valence-electron chi connectivity index (χ1n) is 13.7.